The zero-order valence-corrected chi connectivity index (χ0v) is 13.8. The van der Waals surface area contributed by atoms with Crippen molar-refractivity contribution in [2.75, 3.05) is 25.6 Å². The molecular formula is C16H23NO3S. The standard InChI is InChI=1S/C16H23NO3S/c1-4-18-14-10-9-13(8-7-11-21-12-17)15(19-5-2)16(14)20-6-3/h9-10H,4-8,11H2,1-3H3. The van der Waals surface area contributed by atoms with E-state index in [0.717, 1.165) is 35.7 Å². The molecule has 0 unspecified atom stereocenters. The first-order chi connectivity index (χ1) is 10.3. The van der Waals surface area contributed by atoms with Crippen molar-refractivity contribution in [1.82, 2.24) is 0 Å². The van der Waals surface area contributed by atoms with Crippen molar-refractivity contribution in [1.29, 1.82) is 5.26 Å². The fourth-order valence-electron chi connectivity index (χ4n) is 2.02. The number of thiocyanates is 1. The van der Waals surface area contributed by atoms with Gasteiger partial charge in [-0.3, -0.25) is 0 Å². The number of thioether (sulfide) groups is 1. The minimum absolute atomic E-state index is 0.563. The van der Waals surface area contributed by atoms with Crippen LogP contribution >= 0.6 is 11.8 Å². The van der Waals surface area contributed by atoms with Crippen LogP contribution in [0.4, 0.5) is 0 Å². The first kappa shape index (κ1) is 17.5. The molecule has 0 amide bonds. The predicted molar refractivity (Wildman–Crippen MR) is 86.3 cm³/mol. The van der Waals surface area contributed by atoms with Crippen LogP contribution in [-0.4, -0.2) is 25.6 Å². The van der Waals surface area contributed by atoms with Gasteiger partial charge < -0.3 is 14.2 Å². The lowest BCUT2D eigenvalue weighted by Crippen LogP contribution is -2.05. The maximum absolute atomic E-state index is 8.56. The number of nitrogens with zero attached hydrogens (tertiary/aromatic N) is 1. The third kappa shape index (κ3) is 5.39. The summed E-state index contributed by atoms with van der Waals surface area (Å²) in [6.07, 6.45) is 1.79. The van der Waals surface area contributed by atoms with Crippen molar-refractivity contribution in [3.05, 3.63) is 17.7 Å². The highest BCUT2D eigenvalue weighted by molar-refractivity contribution is 8.03. The Morgan fingerprint density at radius 1 is 1.00 bits per heavy atom. The number of benzene rings is 1. The summed E-state index contributed by atoms with van der Waals surface area (Å²) in [5.41, 5.74) is 1.10. The Balaban J connectivity index is 3.00. The van der Waals surface area contributed by atoms with Gasteiger partial charge in [-0.2, -0.15) is 5.26 Å². The smallest absolute Gasteiger partial charge is 0.203 e. The Kier molecular flexibility index (Phi) is 8.53. The molecule has 116 valence electrons. The van der Waals surface area contributed by atoms with E-state index in [2.05, 4.69) is 5.40 Å². The number of rotatable bonds is 10. The van der Waals surface area contributed by atoms with E-state index < -0.39 is 0 Å². The average Bonchev–Trinajstić information content (AvgIpc) is 2.49. The van der Waals surface area contributed by atoms with Gasteiger partial charge in [-0.15, -0.1) is 0 Å². The second-order valence-corrected chi connectivity index (χ2v) is 5.10. The van der Waals surface area contributed by atoms with E-state index in [9.17, 15) is 0 Å². The molecule has 0 heterocycles. The average molecular weight is 309 g/mol. The van der Waals surface area contributed by atoms with E-state index in [4.69, 9.17) is 19.5 Å². The molecule has 0 aliphatic carbocycles. The lowest BCUT2D eigenvalue weighted by molar-refractivity contribution is 0.259. The maximum Gasteiger partial charge on any atom is 0.203 e. The molecule has 5 heteroatoms. The highest BCUT2D eigenvalue weighted by atomic mass is 32.2. The summed E-state index contributed by atoms with van der Waals surface area (Å²) in [5.74, 6) is 3.00. The van der Waals surface area contributed by atoms with Gasteiger partial charge in [0.2, 0.25) is 5.75 Å². The van der Waals surface area contributed by atoms with Gasteiger partial charge >= 0.3 is 0 Å². The fraction of sp³-hybridized carbons (Fsp3) is 0.562. The van der Waals surface area contributed by atoms with Crippen molar-refractivity contribution in [2.45, 2.75) is 33.6 Å². The minimum Gasteiger partial charge on any atom is -0.490 e. The van der Waals surface area contributed by atoms with Gasteiger partial charge in [-0.25, -0.2) is 0 Å². The largest absolute Gasteiger partial charge is 0.490 e. The molecule has 0 bridgehead atoms. The van der Waals surface area contributed by atoms with Crippen LogP contribution < -0.4 is 14.2 Å². The number of hydrogen-bond donors (Lipinski definition) is 0. The Morgan fingerprint density at radius 3 is 2.29 bits per heavy atom. The lowest BCUT2D eigenvalue weighted by Gasteiger charge is -2.18. The molecular weight excluding hydrogens is 286 g/mol. The van der Waals surface area contributed by atoms with Crippen LogP contribution in [0.15, 0.2) is 12.1 Å². The zero-order valence-electron chi connectivity index (χ0n) is 13.0. The molecule has 0 aliphatic heterocycles. The molecule has 4 nitrogen and oxygen atoms in total. The lowest BCUT2D eigenvalue weighted by atomic mass is 10.1. The first-order valence-corrected chi connectivity index (χ1v) is 8.32. The SMILES string of the molecule is CCOc1ccc(CCCSC#N)c(OCC)c1OCC. The van der Waals surface area contributed by atoms with Crippen molar-refractivity contribution in [3.8, 4) is 22.6 Å². The number of aryl methyl sites for hydroxylation is 1. The number of hydrogen-bond acceptors (Lipinski definition) is 5. The summed E-state index contributed by atoms with van der Waals surface area (Å²) in [7, 11) is 0. The molecule has 0 radical (unpaired) electrons. The normalized spacial score (nSPS) is 10.0. The van der Waals surface area contributed by atoms with E-state index >= 15 is 0 Å². The van der Waals surface area contributed by atoms with Crippen molar-refractivity contribution in [2.24, 2.45) is 0 Å². The third-order valence-corrected chi connectivity index (χ3v) is 3.41. The van der Waals surface area contributed by atoms with Crippen LogP contribution in [0.5, 0.6) is 17.2 Å². The molecule has 21 heavy (non-hydrogen) atoms. The molecule has 1 aromatic carbocycles. The van der Waals surface area contributed by atoms with E-state index in [-0.39, 0.29) is 0 Å². The zero-order chi connectivity index (χ0) is 15.5. The summed E-state index contributed by atoms with van der Waals surface area (Å²) in [5, 5.41) is 10.7. The second kappa shape index (κ2) is 10.2. The van der Waals surface area contributed by atoms with E-state index in [1.54, 1.807) is 0 Å². The molecule has 0 N–H and O–H groups in total. The number of ether oxygens (including phenoxy) is 3. The monoisotopic (exact) mass is 309 g/mol. The van der Waals surface area contributed by atoms with Gasteiger partial charge in [0.05, 0.1) is 19.8 Å². The Bertz CT molecular complexity index is 471. The summed E-state index contributed by atoms with van der Waals surface area (Å²) in [6, 6.07) is 3.96. The van der Waals surface area contributed by atoms with Crippen LogP contribution in [0, 0.1) is 10.7 Å². The van der Waals surface area contributed by atoms with Gasteiger partial charge in [0.25, 0.3) is 0 Å². The Labute approximate surface area is 131 Å². The van der Waals surface area contributed by atoms with Gasteiger partial charge in [-0.05, 0) is 57.0 Å². The maximum atomic E-state index is 8.56. The molecule has 0 aromatic heterocycles. The van der Waals surface area contributed by atoms with Gasteiger partial charge in [0.1, 0.15) is 5.40 Å². The third-order valence-electron chi connectivity index (χ3n) is 2.79. The van der Waals surface area contributed by atoms with Crippen molar-refractivity contribution < 1.29 is 14.2 Å². The highest BCUT2D eigenvalue weighted by Crippen LogP contribution is 2.41. The minimum atomic E-state index is 0.563. The predicted octanol–water partition coefficient (Wildman–Crippen LogP) is 4.03. The molecule has 0 fully saturated rings. The van der Waals surface area contributed by atoms with Crippen LogP contribution in [0.25, 0.3) is 0 Å². The molecule has 0 aliphatic rings. The summed E-state index contributed by atoms with van der Waals surface area (Å²) in [4.78, 5) is 0. The van der Waals surface area contributed by atoms with Crippen molar-refractivity contribution >= 4 is 11.8 Å². The van der Waals surface area contributed by atoms with Crippen LogP contribution in [0.3, 0.4) is 0 Å². The van der Waals surface area contributed by atoms with Crippen LogP contribution in [0.1, 0.15) is 32.8 Å². The van der Waals surface area contributed by atoms with Gasteiger partial charge in [0.15, 0.2) is 11.5 Å². The molecule has 0 saturated carbocycles. The quantitative estimate of drug-likeness (QED) is 0.482. The fourth-order valence-corrected chi connectivity index (χ4v) is 2.40. The first-order valence-electron chi connectivity index (χ1n) is 7.33. The van der Waals surface area contributed by atoms with E-state index in [0.29, 0.717) is 25.6 Å². The molecule has 0 spiro atoms. The van der Waals surface area contributed by atoms with Gasteiger partial charge in [0, 0.05) is 5.75 Å². The van der Waals surface area contributed by atoms with Crippen LogP contribution in [0.2, 0.25) is 0 Å². The topological polar surface area (TPSA) is 51.5 Å². The molecule has 0 atom stereocenters. The Morgan fingerprint density at radius 2 is 1.67 bits per heavy atom. The Hall–Kier alpha value is -1.54. The van der Waals surface area contributed by atoms with E-state index in [1.807, 2.05) is 32.9 Å². The van der Waals surface area contributed by atoms with E-state index in [1.165, 1.54) is 11.8 Å². The highest BCUT2D eigenvalue weighted by Gasteiger charge is 2.17. The molecule has 0 saturated heterocycles. The van der Waals surface area contributed by atoms with Gasteiger partial charge in [-0.1, -0.05) is 6.07 Å². The second-order valence-electron chi connectivity index (χ2n) is 4.22. The summed E-state index contributed by atoms with van der Waals surface area (Å²) in [6.45, 7) is 7.58. The number of nitriles is 1. The molecule has 1 aromatic rings. The summed E-state index contributed by atoms with van der Waals surface area (Å²) >= 11 is 1.28. The van der Waals surface area contributed by atoms with Crippen molar-refractivity contribution in [3.63, 3.8) is 0 Å². The van der Waals surface area contributed by atoms with Crippen LogP contribution in [-0.2, 0) is 6.42 Å². The molecule has 1 rings (SSSR count). The summed E-state index contributed by atoms with van der Waals surface area (Å²) < 4.78 is 17.1.